The number of hydrogen-bond donors (Lipinski definition) is 0. The van der Waals surface area contributed by atoms with Gasteiger partial charge in [0.05, 0.1) is 17.5 Å². The van der Waals surface area contributed by atoms with Gasteiger partial charge in [-0.3, -0.25) is 4.57 Å². The molecule has 0 aliphatic rings. The molecule has 0 bridgehead atoms. The Kier molecular flexibility index (Phi) is 5.48. The van der Waals surface area contributed by atoms with E-state index >= 15 is 0 Å². The van der Waals surface area contributed by atoms with Crippen molar-refractivity contribution in [2.45, 2.75) is 30.4 Å². The molecule has 3 aromatic rings. The first-order valence-corrected chi connectivity index (χ1v) is 9.61. The number of nitrogens with zero attached hydrogens (tertiary/aromatic N) is 2. The van der Waals surface area contributed by atoms with Crippen molar-refractivity contribution in [1.82, 2.24) is 9.55 Å². The van der Waals surface area contributed by atoms with Crippen LogP contribution in [0.5, 0.6) is 0 Å². The SMILES string of the molecule is CC(C)Sc1ncc(-c2ccc(Br)cc2)n1-c1cccc(C(F)(F)F)c1. The highest BCUT2D eigenvalue weighted by atomic mass is 79.9. The maximum Gasteiger partial charge on any atom is 0.416 e. The van der Waals surface area contributed by atoms with E-state index in [1.54, 1.807) is 16.8 Å². The van der Waals surface area contributed by atoms with Crippen LogP contribution in [0.3, 0.4) is 0 Å². The summed E-state index contributed by atoms with van der Waals surface area (Å²) in [6.07, 6.45) is -2.69. The van der Waals surface area contributed by atoms with Crippen molar-refractivity contribution in [3.8, 4) is 16.9 Å². The molecular formula is C19H16BrF3N2S. The normalized spacial score (nSPS) is 12.0. The molecule has 0 aliphatic carbocycles. The van der Waals surface area contributed by atoms with Gasteiger partial charge in [-0.05, 0) is 30.3 Å². The van der Waals surface area contributed by atoms with Crippen LogP contribution in [0.25, 0.3) is 16.9 Å². The summed E-state index contributed by atoms with van der Waals surface area (Å²) in [7, 11) is 0. The molecule has 0 saturated heterocycles. The zero-order valence-corrected chi connectivity index (χ0v) is 16.5. The summed E-state index contributed by atoms with van der Waals surface area (Å²) in [4.78, 5) is 4.46. The van der Waals surface area contributed by atoms with Crippen molar-refractivity contribution in [2.24, 2.45) is 0 Å². The zero-order chi connectivity index (χ0) is 18.9. The number of halogens is 4. The maximum absolute atomic E-state index is 13.2. The number of thioether (sulfide) groups is 1. The molecule has 2 nitrogen and oxygen atoms in total. The van der Waals surface area contributed by atoms with Gasteiger partial charge in [0.25, 0.3) is 0 Å². The molecule has 1 aromatic heterocycles. The number of rotatable bonds is 4. The monoisotopic (exact) mass is 440 g/mol. The van der Waals surface area contributed by atoms with E-state index in [9.17, 15) is 13.2 Å². The standard InChI is InChI=1S/C19H16BrF3N2S/c1-12(2)26-18-24-11-17(13-6-8-15(20)9-7-13)25(18)16-5-3-4-14(10-16)19(21,22)23/h3-12H,1-2H3. The number of hydrogen-bond acceptors (Lipinski definition) is 2. The fourth-order valence-corrected chi connectivity index (χ4v) is 3.63. The van der Waals surface area contributed by atoms with Crippen molar-refractivity contribution in [3.05, 3.63) is 64.8 Å². The third-order valence-electron chi connectivity index (χ3n) is 3.64. The van der Waals surface area contributed by atoms with Crippen molar-refractivity contribution in [1.29, 1.82) is 0 Å². The highest BCUT2D eigenvalue weighted by Gasteiger charge is 2.31. The molecule has 0 unspecified atom stereocenters. The molecule has 0 amide bonds. The van der Waals surface area contributed by atoms with E-state index in [-0.39, 0.29) is 5.25 Å². The number of aromatic nitrogens is 2. The molecule has 2 aromatic carbocycles. The Labute approximate surface area is 162 Å². The van der Waals surface area contributed by atoms with Gasteiger partial charge in [-0.15, -0.1) is 0 Å². The van der Waals surface area contributed by atoms with Crippen molar-refractivity contribution < 1.29 is 13.2 Å². The lowest BCUT2D eigenvalue weighted by Gasteiger charge is -2.15. The molecular weight excluding hydrogens is 425 g/mol. The minimum atomic E-state index is -4.39. The first-order chi connectivity index (χ1) is 12.3. The predicted octanol–water partition coefficient (Wildman–Crippen LogP) is 6.82. The second-order valence-electron chi connectivity index (χ2n) is 5.98. The highest BCUT2D eigenvalue weighted by Crippen LogP contribution is 2.35. The maximum atomic E-state index is 13.2. The first kappa shape index (κ1) is 19.0. The van der Waals surface area contributed by atoms with E-state index in [0.29, 0.717) is 10.8 Å². The van der Waals surface area contributed by atoms with Crippen molar-refractivity contribution >= 4 is 27.7 Å². The predicted molar refractivity (Wildman–Crippen MR) is 103 cm³/mol. The van der Waals surface area contributed by atoms with Gasteiger partial charge in [0.1, 0.15) is 0 Å². The van der Waals surface area contributed by atoms with E-state index in [2.05, 4.69) is 20.9 Å². The summed E-state index contributed by atoms with van der Waals surface area (Å²) in [5.41, 5.74) is 1.40. The van der Waals surface area contributed by atoms with E-state index in [1.807, 2.05) is 38.1 Å². The summed E-state index contributed by atoms with van der Waals surface area (Å²) >= 11 is 4.91. The van der Waals surface area contributed by atoms with Crippen LogP contribution in [-0.4, -0.2) is 14.8 Å². The van der Waals surface area contributed by atoms with E-state index in [4.69, 9.17) is 0 Å². The molecule has 0 spiro atoms. The lowest BCUT2D eigenvalue weighted by molar-refractivity contribution is -0.137. The molecule has 1 heterocycles. The van der Waals surface area contributed by atoms with Gasteiger partial charge in [0.15, 0.2) is 5.16 Å². The van der Waals surface area contributed by atoms with Crippen molar-refractivity contribution in [3.63, 3.8) is 0 Å². The van der Waals surface area contributed by atoms with Crippen LogP contribution >= 0.6 is 27.7 Å². The van der Waals surface area contributed by atoms with Crippen LogP contribution in [0.1, 0.15) is 19.4 Å². The highest BCUT2D eigenvalue weighted by molar-refractivity contribution is 9.10. The minimum Gasteiger partial charge on any atom is -0.287 e. The summed E-state index contributed by atoms with van der Waals surface area (Å²) in [6.45, 7) is 4.05. The van der Waals surface area contributed by atoms with Gasteiger partial charge >= 0.3 is 6.18 Å². The second-order valence-corrected chi connectivity index (χ2v) is 8.44. The Morgan fingerprint density at radius 2 is 1.77 bits per heavy atom. The van der Waals surface area contributed by atoms with Gasteiger partial charge in [0, 0.05) is 21.0 Å². The van der Waals surface area contributed by atoms with E-state index in [1.165, 1.54) is 17.8 Å². The third kappa shape index (κ3) is 4.15. The number of imidazole rings is 1. The van der Waals surface area contributed by atoms with Crippen LogP contribution < -0.4 is 0 Å². The summed E-state index contributed by atoms with van der Waals surface area (Å²) < 4.78 is 42.2. The summed E-state index contributed by atoms with van der Waals surface area (Å²) in [6, 6.07) is 13.0. The Bertz CT molecular complexity index is 902. The van der Waals surface area contributed by atoms with E-state index < -0.39 is 11.7 Å². The van der Waals surface area contributed by atoms with Crippen LogP contribution in [-0.2, 0) is 6.18 Å². The molecule has 0 saturated carbocycles. The van der Waals surface area contributed by atoms with Gasteiger partial charge in [-0.2, -0.15) is 13.2 Å². The fraction of sp³-hybridized carbons (Fsp3) is 0.211. The van der Waals surface area contributed by atoms with E-state index in [0.717, 1.165) is 27.9 Å². The van der Waals surface area contributed by atoms with Gasteiger partial charge in [-0.1, -0.05) is 59.7 Å². The zero-order valence-electron chi connectivity index (χ0n) is 14.1. The quantitative estimate of drug-likeness (QED) is 0.414. The topological polar surface area (TPSA) is 17.8 Å². The lowest BCUT2D eigenvalue weighted by Crippen LogP contribution is -2.07. The Morgan fingerprint density at radius 3 is 2.38 bits per heavy atom. The molecule has 0 atom stereocenters. The smallest absolute Gasteiger partial charge is 0.287 e. The molecule has 26 heavy (non-hydrogen) atoms. The van der Waals surface area contributed by atoms with Crippen LogP contribution in [0.2, 0.25) is 0 Å². The van der Waals surface area contributed by atoms with Crippen LogP contribution in [0.4, 0.5) is 13.2 Å². The number of benzene rings is 2. The summed E-state index contributed by atoms with van der Waals surface area (Å²) in [5, 5.41) is 0.914. The molecule has 7 heteroatoms. The second kappa shape index (κ2) is 7.48. The Balaban J connectivity index is 2.18. The molecule has 0 N–H and O–H groups in total. The average Bonchev–Trinajstić information content (AvgIpc) is 2.97. The Hall–Kier alpha value is -1.73. The third-order valence-corrected chi connectivity index (χ3v) is 5.14. The van der Waals surface area contributed by atoms with Crippen LogP contribution in [0.15, 0.2) is 64.4 Å². The minimum absolute atomic E-state index is 0.250. The Morgan fingerprint density at radius 1 is 1.08 bits per heavy atom. The first-order valence-electron chi connectivity index (χ1n) is 7.93. The number of alkyl halides is 3. The molecule has 3 rings (SSSR count). The summed E-state index contributed by atoms with van der Waals surface area (Å²) in [5.74, 6) is 0. The van der Waals surface area contributed by atoms with Crippen LogP contribution in [0, 0.1) is 0 Å². The van der Waals surface area contributed by atoms with Gasteiger partial charge in [0.2, 0.25) is 0 Å². The van der Waals surface area contributed by atoms with Gasteiger partial charge in [-0.25, -0.2) is 4.98 Å². The average molecular weight is 441 g/mol. The van der Waals surface area contributed by atoms with Gasteiger partial charge < -0.3 is 0 Å². The molecule has 136 valence electrons. The molecule has 0 aliphatic heterocycles. The largest absolute Gasteiger partial charge is 0.416 e. The lowest BCUT2D eigenvalue weighted by atomic mass is 10.1. The fourth-order valence-electron chi connectivity index (χ4n) is 2.52. The molecule has 0 fully saturated rings. The van der Waals surface area contributed by atoms with Crippen molar-refractivity contribution in [2.75, 3.05) is 0 Å². The molecule has 0 radical (unpaired) electrons.